The molecule has 1 rings (SSSR count). The van der Waals surface area contributed by atoms with Gasteiger partial charge in [0.25, 0.3) is 0 Å². The van der Waals surface area contributed by atoms with Crippen LogP contribution in [0.15, 0.2) is 0 Å². The van der Waals surface area contributed by atoms with Gasteiger partial charge in [-0.05, 0) is 38.6 Å². The average molecular weight is 226 g/mol. The number of hydrogen-bond donors (Lipinski definition) is 1. The van der Waals surface area contributed by atoms with E-state index in [1.807, 2.05) is 11.9 Å². The van der Waals surface area contributed by atoms with E-state index in [0.29, 0.717) is 12.0 Å². The van der Waals surface area contributed by atoms with Gasteiger partial charge in [-0.15, -0.1) is 0 Å². The molecule has 16 heavy (non-hydrogen) atoms. The van der Waals surface area contributed by atoms with Gasteiger partial charge in [-0.1, -0.05) is 20.3 Å². The molecule has 1 N–H and O–H groups in total. The van der Waals surface area contributed by atoms with E-state index in [4.69, 9.17) is 0 Å². The van der Waals surface area contributed by atoms with Crippen LogP contribution in [0.1, 0.15) is 46.5 Å². The van der Waals surface area contributed by atoms with Crippen molar-refractivity contribution in [1.29, 1.82) is 0 Å². The molecule has 3 nitrogen and oxygen atoms in total. The number of rotatable bonds is 4. The highest BCUT2D eigenvalue weighted by molar-refractivity contribution is 5.82. The highest BCUT2D eigenvalue weighted by Gasteiger charge is 2.30. The summed E-state index contributed by atoms with van der Waals surface area (Å²) in [6.07, 6.45) is 4.58. The van der Waals surface area contributed by atoms with E-state index >= 15 is 0 Å². The Hall–Kier alpha value is -0.570. The fourth-order valence-corrected chi connectivity index (χ4v) is 2.43. The van der Waals surface area contributed by atoms with Crippen LogP contribution in [-0.4, -0.2) is 36.5 Å². The highest BCUT2D eigenvalue weighted by Crippen LogP contribution is 2.18. The minimum atomic E-state index is 0.0399. The SMILES string of the molecule is CCCC(C)N(C)C(=O)C1NCCCC1C. The van der Waals surface area contributed by atoms with Crippen molar-refractivity contribution in [3.05, 3.63) is 0 Å². The number of carbonyl (C=O) groups excluding carboxylic acids is 1. The van der Waals surface area contributed by atoms with Crippen LogP contribution in [-0.2, 0) is 4.79 Å². The zero-order valence-electron chi connectivity index (χ0n) is 11.1. The first-order chi connectivity index (χ1) is 7.57. The molecule has 0 aromatic rings. The summed E-state index contributed by atoms with van der Waals surface area (Å²) in [6.45, 7) is 7.45. The Morgan fingerprint density at radius 2 is 2.25 bits per heavy atom. The maximum Gasteiger partial charge on any atom is 0.239 e. The third-order valence-corrected chi connectivity index (χ3v) is 3.75. The summed E-state index contributed by atoms with van der Waals surface area (Å²) in [4.78, 5) is 14.2. The maximum absolute atomic E-state index is 12.3. The minimum Gasteiger partial charge on any atom is -0.342 e. The minimum absolute atomic E-state index is 0.0399. The van der Waals surface area contributed by atoms with Crippen molar-refractivity contribution < 1.29 is 4.79 Å². The van der Waals surface area contributed by atoms with E-state index in [2.05, 4.69) is 26.1 Å². The number of carbonyl (C=O) groups is 1. The van der Waals surface area contributed by atoms with Crippen molar-refractivity contribution in [2.24, 2.45) is 5.92 Å². The fraction of sp³-hybridized carbons (Fsp3) is 0.923. The van der Waals surface area contributed by atoms with Crippen molar-refractivity contribution in [1.82, 2.24) is 10.2 Å². The monoisotopic (exact) mass is 226 g/mol. The molecule has 3 unspecified atom stereocenters. The largest absolute Gasteiger partial charge is 0.342 e. The second-order valence-electron chi connectivity index (χ2n) is 5.14. The number of nitrogens with one attached hydrogen (secondary N) is 1. The molecule has 0 saturated carbocycles. The lowest BCUT2D eigenvalue weighted by molar-refractivity contribution is -0.135. The lowest BCUT2D eigenvalue weighted by atomic mass is 9.91. The molecular formula is C13H26N2O. The van der Waals surface area contributed by atoms with Gasteiger partial charge in [0.05, 0.1) is 6.04 Å². The number of likely N-dealkylation sites (N-methyl/N-ethyl adjacent to an activating group) is 1. The van der Waals surface area contributed by atoms with Crippen LogP contribution in [0.4, 0.5) is 0 Å². The molecule has 0 aliphatic carbocycles. The van der Waals surface area contributed by atoms with Gasteiger partial charge in [-0.3, -0.25) is 4.79 Å². The van der Waals surface area contributed by atoms with Gasteiger partial charge in [0.1, 0.15) is 0 Å². The van der Waals surface area contributed by atoms with Crippen molar-refractivity contribution >= 4 is 5.91 Å². The lowest BCUT2D eigenvalue weighted by Crippen LogP contribution is -2.53. The fourth-order valence-electron chi connectivity index (χ4n) is 2.43. The van der Waals surface area contributed by atoms with Crippen LogP contribution in [0.3, 0.4) is 0 Å². The summed E-state index contributed by atoms with van der Waals surface area (Å²) in [7, 11) is 1.94. The van der Waals surface area contributed by atoms with Crippen LogP contribution in [0.25, 0.3) is 0 Å². The second kappa shape index (κ2) is 6.24. The van der Waals surface area contributed by atoms with Crippen molar-refractivity contribution in [2.45, 2.75) is 58.5 Å². The number of piperidine rings is 1. The van der Waals surface area contributed by atoms with Gasteiger partial charge in [0.15, 0.2) is 0 Å². The van der Waals surface area contributed by atoms with Gasteiger partial charge in [0.2, 0.25) is 5.91 Å². The van der Waals surface area contributed by atoms with Crippen LogP contribution in [0, 0.1) is 5.92 Å². The Morgan fingerprint density at radius 3 is 2.81 bits per heavy atom. The molecule has 1 amide bonds. The molecule has 3 heteroatoms. The number of nitrogens with zero attached hydrogens (tertiary/aromatic N) is 1. The quantitative estimate of drug-likeness (QED) is 0.795. The first-order valence-corrected chi connectivity index (χ1v) is 6.58. The summed E-state index contributed by atoms with van der Waals surface area (Å²) in [5.74, 6) is 0.741. The average Bonchev–Trinajstić information content (AvgIpc) is 2.28. The van der Waals surface area contributed by atoms with E-state index in [0.717, 1.165) is 19.4 Å². The molecule has 3 atom stereocenters. The molecule has 0 radical (unpaired) electrons. The van der Waals surface area contributed by atoms with Crippen molar-refractivity contribution in [3.8, 4) is 0 Å². The molecule has 0 bridgehead atoms. The Morgan fingerprint density at radius 1 is 1.56 bits per heavy atom. The van der Waals surface area contributed by atoms with E-state index in [9.17, 15) is 4.79 Å². The van der Waals surface area contributed by atoms with Crippen molar-refractivity contribution in [3.63, 3.8) is 0 Å². The normalized spacial score (nSPS) is 27.5. The number of amides is 1. The van der Waals surface area contributed by atoms with Gasteiger partial charge in [-0.25, -0.2) is 0 Å². The zero-order chi connectivity index (χ0) is 12.1. The molecule has 1 heterocycles. The second-order valence-corrected chi connectivity index (χ2v) is 5.14. The van der Waals surface area contributed by atoms with Gasteiger partial charge < -0.3 is 10.2 Å². The summed E-state index contributed by atoms with van der Waals surface area (Å²) >= 11 is 0. The first kappa shape index (κ1) is 13.5. The highest BCUT2D eigenvalue weighted by atomic mass is 16.2. The van der Waals surface area contributed by atoms with E-state index in [1.165, 1.54) is 12.8 Å². The van der Waals surface area contributed by atoms with Gasteiger partial charge in [0, 0.05) is 13.1 Å². The molecule has 1 saturated heterocycles. The Balaban J connectivity index is 2.54. The first-order valence-electron chi connectivity index (χ1n) is 6.58. The van der Waals surface area contributed by atoms with Crippen LogP contribution in [0.5, 0.6) is 0 Å². The Kier molecular flexibility index (Phi) is 5.26. The predicted octanol–water partition coefficient (Wildman–Crippen LogP) is 2.02. The van der Waals surface area contributed by atoms with Crippen LogP contribution in [0.2, 0.25) is 0 Å². The van der Waals surface area contributed by atoms with Crippen molar-refractivity contribution in [2.75, 3.05) is 13.6 Å². The third-order valence-electron chi connectivity index (χ3n) is 3.75. The van der Waals surface area contributed by atoms with Crippen LogP contribution < -0.4 is 5.32 Å². The molecule has 1 aliphatic rings. The maximum atomic E-state index is 12.3. The summed E-state index contributed by atoms with van der Waals surface area (Å²) in [5, 5.41) is 3.36. The molecule has 94 valence electrons. The molecule has 1 aliphatic heterocycles. The van der Waals surface area contributed by atoms with E-state index in [1.54, 1.807) is 0 Å². The molecule has 0 aromatic carbocycles. The van der Waals surface area contributed by atoms with E-state index < -0.39 is 0 Å². The van der Waals surface area contributed by atoms with E-state index in [-0.39, 0.29) is 11.9 Å². The van der Waals surface area contributed by atoms with Gasteiger partial charge in [-0.2, -0.15) is 0 Å². The summed E-state index contributed by atoms with van der Waals surface area (Å²) in [5.41, 5.74) is 0. The third kappa shape index (κ3) is 3.21. The molecule has 1 fully saturated rings. The molecular weight excluding hydrogens is 200 g/mol. The summed E-state index contributed by atoms with van der Waals surface area (Å²) in [6, 6.07) is 0.395. The van der Waals surface area contributed by atoms with Crippen LogP contribution >= 0.6 is 0 Å². The predicted molar refractivity (Wildman–Crippen MR) is 67.3 cm³/mol. The standard InChI is InChI=1S/C13H26N2O/c1-5-7-11(3)15(4)13(16)12-10(2)8-6-9-14-12/h10-12,14H,5-9H2,1-4H3. The zero-order valence-corrected chi connectivity index (χ0v) is 11.1. The topological polar surface area (TPSA) is 32.3 Å². The van der Waals surface area contributed by atoms with Gasteiger partial charge >= 0.3 is 0 Å². The molecule has 0 spiro atoms. The summed E-state index contributed by atoms with van der Waals surface area (Å²) < 4.78 is 0. The number of hydrogen-bond acceptors (Lipinski definition) is 2. The lowest BCUT2D eigenvalue weighted by Gasteiger charge is -2.34. The Labute approximate surface area is 99.6 Å². The smallest absolute Gasteiger partial charge is 0.239 e. The molecule has 0 aromatic heterocycles. The Bertz CT molecular complexity index is 230.